The van der Waals surface area contributed by atoms with Crippen molar-refractivity contribution in [3.63, 3.8) is 0 Å². The van der Waals surface area contributed by atoms with Gasteiger partial charge < -0.3 is 14.2 Å². The smallest absolute Gasteiger partial charge is 0.308 e. The largest absolute Gasteiger partial charge is 0.469 e. The molecule has 0 spiro atoms. The maximum Gasteiger partial charge on any atom is 0.308 e. The average molecular weight is 242 g/mol. The number of methoxy groups -OCH3 is 1. The highest BCUT2D eigenvalue weighted by Crippen LogP contribution is 2.19. The van der Waals surface area contributed by atoms with Crippen LogP contribution in [0.2, 0.25) is 0 Å². The van der Waals surface area contributed by atoms with Gasteiger partial charge in [0.1, 0.15) is 0 Å². The molecule has 1 aliphatic heterocycles. The van der Waals surface area contributed by atoms with E-state index in [0.29, 0.717) is 0 Å². The summed E-state index contributed by atoms with van der Waals surface area (Å²) in [7, 11) is 1.39. The molecule has 0 aromatic heterocycles. The van der Waals surface area contributed by atoms with E-state index in [2.05, 4.69) is 11.3 Å². The molecule has 0 aromatic rings. The highest BCUT2D eigenvalue weighted by atomic mass is 16.7. The van der Waals surface area contributed by atoms with Crippen molar-refractivity contribution in [2.75, 3.05) is 13.7 Å². The van der Waals surface area contributed by atoms with Gasteiger partial charge >= 0.3 is 5.97 Å². The lowest BCUT2D eigenvalue weighted by atomic mass is 10.1. The Balaban J connectivity index is 2.37. The predicted molar refractivity (Wildman–Crippen MR) is 64.5 cm³/mol. The van der Waals surface area contributed by atoms with Crippen LogP contribution in [0.3, 0.4) is 0 Å². The van der Waals surface area contributed by atoms with Gasteiger partial charge in [0.2, 0.25) is 0 Å². The molecule has 0 radical (unpaired) electrons. The van der Waals surface area contributed by atoms with Crippen molar-refractivity contribution in [3.8, 4) is 0 Å². The minimum Gasteiger partial charge on any atom is -0.469 e. The molecule has 1 fully saturated rings. The molecule has 0 aliphatic carbocycles. The Morgan fingerprint density at radius 1 is 1.59 bits per heavy atom. The van der Waals surface area contributed by atoms with E-state index < -0.39 is 0 Å². The van der Waals surface area contributed by atoms with Crippen LogP contribution in [0.4, 0.5) is 0 Å². The molecule has 4 heteroatoms. The zero-order valence-electron chi connectivity index (χ0n) is 10.5. The van der Waals surface area contributed by atoms with Crippen LogP contribution < -0.4 is 0 Å². The maximum absolute atomic E-state index is 11.3. The van der Waals surface area contributed by atoms with E-state index >= 15 is 0 Å². The van der Waals surface area contributed by atoms with Gasteiger partial charge in [-0.1, -0.05) is 6.08 Å². The normalized spacial score (nSPS) is 21.8. The van der Waals surface area contributed by atoms with Gasteiger partial charge in [0.25, 0.3) is 0 Å². The molecular weight excluding hydrogens is 220 g/mol. The van der Waals surface area contributed by atoms with Crippen molar-refractivity contribution in [1.29, 1.82) is 0 Å². The topological polar surface area (TPSA) is 44.8 Å². The molecular formula is C13H22O4. The average Bonchev–Trinajstić information content (AvgIpc) is 2.37. The first-order chi connectivity index (χ1) is 8.26. The quantitative estimate of drug-likeness (QED) is 0.508. The zero-order chi connectivity index (χ0) is 12.5. The Kier molecular flexibility index (Phi) is 6.89. The summed E-state index contributed by atoms with van der Waals surface area (Å²) >= 11 is 0. The van der Waals surface area contributed by atoms with Crippen LogP contribution >= 0.6 is 0 Å². The Bertz CT molecular complexity index is 234. The minimum absolute atomic E-state index is 0.136. The Hall–Kier alpha value is -0.870. The van der Waals surface area contributed by atoms with E-state index in [1.165, 1.54) is 7.11 Å². The molecule has 0 amide bonds. The summed E-state index contributed by atoms with van der Waals surface area (Å²) in [5.74, 6) is -0.241. The van der Waals surface area contributed by atoms with Crippen molar-refractivity contribution in [1.82, 2.24) is 0 Å². The lowest BCUT2D eigenvalue weighted by molar-refractivity contribution is -0.193. The van der Waals surface area contributed by atoms with Crippen LogP contribution in [0.15, 0.2) is 12.7 Å². The molecule has 1 heterocycles. The maximum atomic E-state index is 11.3. The molecule has 1 unspecified atom stereocenters. The van der Waals surface area contributed by atoms with Gasteiger partial charge in [-0.3, -0.25) is 4.79 Å². The lowest BCUT2D eigenvalue weighted by Crippen LogP contribution is -2.29. The van der Waals surface area contributed by atoms with E-state index in [4.69, 9.17) is 9.47 Å². The summed E-state index contributed by atoms with van der Waals surface area (Å²) in [5.41, 5.74) is 0. The first-order valence-corrected chi connectivity index (χ1v) is 6.21. The summed E-state index contributed by atoms with van der Waals surface area (Å²) < 4.78 is 16.0. The first-order valence-electron chi connectivity index (χ1n) is 6.21. The monoisotopic (exact) mass is 242 g/mol. The second-order valence-corrected chi connectivity index (χ2v) is 4.20. The fourth-order valence-corrected chi connectivity index (χ4v) is 1.82. The highest BCUT2D eigenvalue weighted by Gasteiger charge is 2.21. The second kappa shape index (κ2) is 8.25. The number of ether oxygens (including phenoxy) is 3. The summed E-state index contributed by atoms with van der Waals surface area (Å²) in [6, 6.07) is 0. The molecule has 0 aromatic carbocycles. The van der Waals surface area contributed by atoms with E-state index in [9.17, 15) is 4.79 Å². The van der Waals surface area contributed by atoms with Crippen molar-refractivity contribution in [2.45, 2.75) is 50.9 Å². The van der Waals surface area contributed by atoms with E-state index in [-0.39, 0.29) is 24.8 Å². The lowest BCUT2D eigenvalue weighted by Gasteiger charge is -2.27. The van der Waals surface area contributed by atoms with Crippen molar-refractivity contribution < 1.29 is 19.0 Å². The van der Waals surface area contributed by atoms with Gasteiger partial charge in [0.15, 0.2) is 6.29 Å². The number of esters is 1. The third kappa shape index (κ3) is 5.84. The fraction of sp³-hybridized carbons (Fsp3) is 0.769. The SMILES string of the molecule is C=CCC[C@H](CC(=O)OC)OC1CCCCO1. The molecule has 1 saturated heterocycles. The highest BCUT2D eigenvalue weighted by molar-refractivity contribution is 5.69. The van der Waals surface area contributed by atoms with Gasteiger partial charge in [-0.2, -0.15) is 0 Å². The van der Waals surface area contributed by atoms with Crippen molar-refractivity contribution >= 4 is 5.97 Å². The second-order valence-electron chi connectivity index (χ2n) is 4.20. The van der Waals surface area contributed by atoms with Crippen molar-refractivity contribution in [3.05, 3.63) is 12.7 Å². The number of allylic oxidation sites excluding steroid dienone is 1. The van der Waals surface area contributed by atoms with Crippen LogP contribution in [-0.2, 0) is 19.0 Å². The first kappa shape index (κ1) is 14.2. The molecule has 1 rings (SSSR count). The number of hydrogen-bond acceptors (Lipinski definition) is 4. The number of carbonyl (C=O) groups is 1. The van der Waals surface area contributed by atoms with Gasteiger partial charge in [-0.15, -0.1) is 6.58 Å². The third-order valence-electron chi connectivity index (χ3n) is 2.80. The molecule has 98 valence electrons. The van der Waals surface area contributed by atoms with Crippen LogP contribution in [0.1, 0.15) is 38.5 Å². The Morgan fingerprint density at radius 2 is 2.41 bits per heavy atom. The van der Waals surface area contributed by atoms with Crippen molar-refractivity contribution in [2.24, 2.45) is 0 Å². The van der Waals surface area contributed by atoms with Gasteiger partial charge in [0.05, 0.1) is 19.6 Å². The number of hydrogen-bond donors (Lipinski definition) is 0. The van der Waals surface area contributed by atoms with Crippen LogP contribution in [0.25, 0.3) is 0 Å². The summed E-state index contributed by atoms with van der Waals surface area (Å²) in [5, 5.41) is 0. The standard InChI is InChI=1S/C13H22O4/c1-3-4-7-11(10-12(14)15-2)17-13-8-5-6-9-16-13/h3,11,13H,1,4-10H2,2H3/t11-,13?/m1/s1. The molecule has 1 aliphatic rings. The summed E-state index contributed by atoms with van der Waals surface area (Å²) in [4.78, 5) is 11.3. The van der Waals surface area contributed by atoms with Crippen LogP contribution in [0, 0.1) is 0 Å². The minimum atomic E-state index is -0.241. The predicted octanol–water partition coefficient (Wildman–Crippen LogP) is 2.43. The Labute approximate surface area is 103 Å². The molecule has 17 heavy (non-hydrogen) atoms. The van der Waals surface area contributed by atoms with Gasteiger partial charge in [0, 0.05) is 6.61 Å². The molecule has 0 saturated carbocycles. The summed E-state index contributed by atoms with van der Waals surface area (Å²) in [6.45, 7) is 4.42. The molecule has 2 atom stereocenters. The third-order valence-corrected chi connectivity index (χ3v) is 2.80. The van der Waals surface area contributed by atoms with Gasteiger partial charge in [-0.05, 0) is 32.1 Å². The molecule has 4 nitrogen and oxygen atoms in total. The fourth-order valence-electron chi connectivity index (χ4n) is 1.82. The Morgan fingerprint density at radius 3 is 3.00 bits per heavy atom. The van der Waals surface area contributed by atoms with E-state index in [1.54, 1.807) is 0 Å². The van der Waals surface area contributed by atoms with E-state index in [1.807, 2.05) is 6.08 Å². The number of carbonyl (C=O) groups excluding carboxylic acids is 1. The summed E-state index contributed by atoms with van der Waals surface area (Å²) in [6.07, 6.45) is 6.54. The number of rotatable bonds is 7. The zero-order valence-corrected chi connectivity index (χ0v) is 10.5. The van der Waals surface area contributed by atoms with E-state index in [0.717, 1.165) is 38.7 Å². The van der Waals surface area contributed by atoms with Crippen LogP contribution in [0.5, 0.6) is 0 Å². The van der Waals surface area contributed by atoms with Crippen LogP contribution in [-0.4, -0.2) is 32.1 Å². The molecule has 0 N–H and O–H groups in total. The van der Waals surface area contributed by atoms with Gasteiger partial charge in [-0.25, -0.2) is 0 Å². The molecule has 0 bridgehead atoms.